The summed E-state index contributed by atoms with van der Waals surface area (Å²) < 4.78 is 73.4. The fourth-order valence-corrected chi connectivity index (χ4v) is 6.22. The number of thiazole rings is 1. The molecule has 2 amide bonds. The summed E-state index contributed by atoms with van der Waals surface area (Å²) in [6.45, 7) is 4.60. The molecule has 8 N–H and O–H groups in total. The molecule has 2 unspecified atom stereocenters. The van der Waals surface area contributed by atoms with Gasteiger partial charge >= 0.3 is 22.5 Å². The highest BCUT2D eigenvalue weighted by atomic mass is 32.3. The first-order chi connectivity index (χ1) is 26.3. The molecule has 0 radical (unpaired) electrons. The number of benzene rings is 1. The Kier molecular flexibility index (Phi) is 12.5. The van der Waals surface area contributed by atoms with Crippen molar-refractivity contribution in [2.75, 3.05) is 30.7 Å². The van der Waals surface area contributed by atoms with Gasteiger partial charge in [-0.05, 0) is 70.1 Å². The molecule has 0 bridgehead atoms. The fourth-order valence-electron chi connectivity index (χ4n) is 5.22. The second-order valence-corrected chi connectivity index (χ2v) is 14.3. The van der Waals surface area contributed by atoms with E-state index in [1.54, 1.807) is 6.07 Å². The lowest BCUT2D eigenvalue weighted by Gasteiger charge is -2.50. The number of aromatic amines is 1. The van der Waals surface area contributed by atoms with Crippen molar-refractivity contribution in [3.63, 3.8) is 0 Å². The molecule has 6 rings (SSSR count). The number of nitrogen functional groups attached to an aromatic ring is 1. The molecule has 56 heavy (non-hydrogen) atoms. The molecule has 0 saturated carbocycles. The summed E-state index contributed by atoms with van der Waals surface area (Å²) in [6, 6.07) is 8.37. The van der Waals surface area contributed by atoms with E-state index in [2.05, 4.69) is 51.0 Å². The summed E-state index contributed by atoms with van der Waals surface area (Å²) >= 11 is 1.03. The quantitative estimate of drug-likeness (QED) is 0.0427. The smallest absolute Gasteiger partial charge is 0.489 e. The first-order valence-corrected chi connectivity index (χ1v) is 18.4. The average molecular weight is 831 g/mol. The van der Waals surface area contributed by atoms with Crippen molar-refractivity contribution in [3.8, 4) is 5.75 Å². The van der Waals surface area contributed by atoms with Crippen molar-refractivity contribution in [2.45, 2.75) is 56.6 Å². The molecule has 3 aromatic heterocycles. The van der Waals surface area contributed by atoms with Crippen molar-refractivity contribution in [2.24, 2.45) is 5.16 Å². The topological polar surface area (TPSA) is 311 Å². The van der Waals surface area contributed by atoms with Gasteiger partial charge in [-0.15, -0.1) is 25.8 Å². The number of ether oxygens (including phenoxy) is 1. The molecule has 5 heterocycles. The van der Waals surface area contributed by atoms with Crippen molar-refractivity contribution in [1.82, 2.24) is 46.3 Å². The summed E-state index contributed by atoms with van der Waals surface area (Å²) in [5.41, 5.74) is 4.85. The van der Waals surface area contributed by atoms with Crippen LogP contribution in [0.25, 0.3) is 10.9 Å². The Morgan fingerprint density at radius 3 is 2.50 bits per heavy atom. The van der Waals surface area contributed by atoms with Crippen LogP contribution in [0.15, 0.2) is 40.9 Å². The van der Waals surface area contributed by atoms with Crippen LogP contribution in [-0.4, -0.2) is 121 Å². The minimum atomic E-state index is -5.08. The van der Waals surface area contributed by atoms with E-state index >= 15 is 0 Å². The number of oxime groups is 1. The van der Waals surface area contributed by atoms with Crippen LogP contribution in [0.4, 0.5) is 24.1 Å². The second-order valence-electron chi connectivity index (χ2n) is 12.4. The number of halogens is 3. The number of hydrogen-bond acceptors (Lipinski definition) is 18. The number of H-pyrrole nitrogens is 1. The number of pyridine rings is 1. The van der Waals surface area contributed by atoms with Gasteiger partial charge < -0.3 is 36.4 Å². The van der Waals surface area contributed by atoms with E-state index in [4.69, 9.17) is 34.7 Å². The number of nitrogens with one attached hydrogen (secondary N) is 4. The number of nitrogens with zero attached hydrogens (tertiary/aromatic N) is 7. The summed E-state index contributed by atoms with van der Waals surface area (Å²) in [5, 5.41) is 37.1. The van der Waals surface area contributed by atoms with Gasteiger partial charge in [0.25, 0.3) is 11.8 Å². The van der Waals surface area contributed by atoms with Gasteiger partial charge in [0, 0.05) is 16.8 Å². The van der Waals surface area contributed by atoms with Crippen LogP contribution in [0.5, 0.6) is 5.75 Å². The van der Waals surface area contributed by atoms with Crippen molar-refractivity contribution >= 4 is 67.1 Å². The van der Waals surface area contributed by atoms with Crippen molar-refractivity contribution < 1.29 is 59.5 Å². The molecule has 0 spiro atoms. The Balaban J connectivity index is 0.000000784. The van der Waals surface area contributed by atoms with Gasteiger partial charge in [0.15, 0.2) is 10.8 Å². The van der Waals surface area contributed by atoms with E-state index in [1.165, 1.54) is 19.2 Å². The predicted molar refractivity (Wildman–Crippen MR) is 187 cm³/mol. The highest BCUT2D eigenvalue weighted by Crippen LogP contribution is 2.33. The first-order valence-electron chi connectivity index (χ1n) is 16.1. The van der Waals surface area contributed by atoms with Gasteiger partial charge in [-0.2, -0.15) is 31.9 Å². The number of aromatic nitrogens is 6. The van der Waals surface area contributed by atoms with Crippen LogP contribution in [0, 0.1) is 0 Å². The number of anilines is 2. The van der Waals surface area contributed by atoms with Gasteiger partial charge in [-0.3, -0.25) is 14.1 Å². The average Bonchev–Trinajstić information content (AvgIpc) is 3.83. The van der Waals surface area contributed by atoms with E-state index in [0.717, 1.165) is 54.0 Å². The molecule has 2 saturated heterocycles. The Labute approximate surface area is 317 Å². The Hall–Kier alpha value is -5.77. The normalized spacial score (nSPS) is 18.0. The summed E-state index contributed by atoms with van der Waals surface area (Å²) in [5.74, 6) is -3.26. The third kappa shape index (κ3) is 10.5. The number of hydrogen-bond donors (Lipinski definition) is 7. The minimum Gasteiger partial charge on any atom is -0.489 e. The minimum absolute atomic E-state index is 0.0273. The number of tetrazole rings is 1. The van der Waals surface area contributed by atoms with E-state index in [0.29, 0.717) is 16.9 Å². The SMILES string of the molecule is CC1(C)C(NC(=O)C(=NOC(COc2ccc3nc(NC4CCNCC4)ccc3c2)c2nn[nH]n2)c2csc(N)n2)C(=O)N1OS(=O)(=O)O.O=C(O)C(F)(F)F. The van der Waals surface area contributed by atoms with Gasteiger partial charge in [-0.25, -0.2) is 14.8 Å². The molecule has 4 aromatic rings. The molecule has 2 aliphatic rings. The van der Waals surface area contributed by atoms with Crippen molar-refractivity contribution in [1.29, 1.82) is 0 Å². The second kappa shape index (κ2) is 16.9. The standard InChI is InChI=1S/C27H32N12O8S2.C2HF3O2/c1-27(2)22(25(41)39(27)47-49(42,43)44)33-24(40)21(18-13-48-26(28)32-18)36-46-19(23-34-37-38-35-23)12-45-16-4-5-17-14(11-16)3-6-20(31-17)30-15-7-9-29-10-8-15;3-2(4,5)1(6)7/h3-6,11,13,15,19,22,29H,7-10,12H2,1-2H3,(H2,28,32)(H,30,31)(H,33,40)(H,42,43,44)(H,34,35,37,38);(H,6,7). The lowest BCUT2D eigenvalue weighted by Crippen LogP contribution is -2.76. The number of fused-ring (bicyclic) bond motifs is 1. The van der Waals surface area contributed by atoms with Crippen LogP contribution in [0.3, 0.4) is 0 Å². The number of hydroxylamine groups is 2. The maximum Gasteiger partial charge on any atom is 0.490 e. The number of nitrogens with two attached hydrogens (primary N) is 1. The van der Waals surface area contributed by atoms with Crippen molar-refractivity contribution in [3.05, 3.63) is 47.2 Å². The largest absolute Gasteiger partial charge is 0.490 e. The fraction of sp³-hybridized carbons (Fsp3) is 0.414. The summed E-state index contributed by atoms with van der Waals surface area (Å²) in [6.07, 6.45) is -4.12. The Morgan fingerprint density at radius 2 is 1.91 bits per heavy atom. The zero-order valence-corrected chi connectivity index (χ0v) is 30.7. The third-order valence-corrected chi connectivity index (χ3v) is 9.03. The van der Waals surface area contributed by atoms with Crippen LogP contribution >= 0.6 is 11.3 Å². The number of alkyl halides is 3. The number of β-lactam (4-membered cyclic amide) rings is 1. The zero-order chi connectivity index (χ0) is 40.8. The molecule has 2 aliphatic heterocycles. The maximum atomic E-state index is 13.4. The number of piperidine rings is 1. The Bertz CT molecular complexity index is 2180. The maximum absolute atomic E-state index is 13.4. The first kappa shape index (κ1) is 41.4. The number of rotatable bonds is 13. The highest BCUT2D eigenvalue weighted by molar-refractivity contribution is 7.80. The monoisotopic (exact) mass is 830 g/mol. The Morgan fingerprint density at radius 1 is 1.20 bits per heavy atom. The number of carbonyl (C=O) groups is 3. The predicted octanol–water partition coefficient (Wildman–Crippen LogP) is 0.965. The number of carboxylic acids is 1. The molecule has 27 heteroatoms. The van der Waals surface area contributed by atoms with E-state index < -0.39 is 52.0 Å². The zero-order valence-electron chi connectivity index (χ0n) is 29.1. The molecular formula is C29H33F3N12O10S2. The number of carbonyl (C=O) groups excluding carboxylic acids is 2. The molecule has 2 fully saturated rings. The summed E-state index contributed by atoms with van der Waals surface area (Å²) in [7, 11) is -4.99. The van der Waals surface area contributed by atoms with Gasteiger partial charge in [0.1, 0.15) is 29.9 Å². The molecule has 1 aromatic carbocycles. The molecule has 302 valence electrons. The molecular weight excluding hydrogens is 798 g/mol. The summed E-state index contributed by atoms with van der Waals surface area (Å²) in [4.78, 5) is 49.5. The van der Waals surface area contributed by atoms with Gasteiger partial charge in [-0.1, -0.05) is 10.4 Å². The number of amides is 2. The lowest BCUT2D eigenvalue weighted by molar-refractivity contribution is -0.218. The van der Waals surface area contributed by atoms with Crippen LogP contribution in [0.2, 0.25) is 0 Å². The molecule has 22 nitrogen and oxygen atoms in total. The van der Waals surface area contributed by atoms with E-state index in [1.807, 2.05) is 24.3 Å². The third-order valence-electron chi connectivity index (χ3n) is 8.02. The number of aliphatic carboxylic acids is 1. The highest BCUT2D eigenvalue weighted by Gasteiger charge is 2.58. The van der Waals surface area contributed by atoms with E-state index in [-0.39, 0.29) is 29.0 Å². The van der Waals surface area contributed by atoms with Crippen LogP contribution in [0.1, 0.15) is 44.3 Å². The van der Waals surface area contributed by atoms with Crippen LogP contribution in [-0.2, 0) is 33.9 Å². The van der Waals surface area contributed by atoms with E-state index in [9.17, 15) is 31.2 Å². The van der Waals surface area contributed by atoms with Crippen LogP contribution < -0.4 is 26.4 Å². The van der Waals surface area contributed by atoms with Gasteiger partial charge in [0.2, 0.25) is 11.9 Å². The van der Waals surface area contributed by atoms with Gasteiger partial charge in [0.05, 0.1) is 11.1 Å². The molecule has 0 aliphatic carbocycles. The molecule has 2 atom stereocenters. The number of carboxylic acid groups (broad SMARTS) is 1. The lowest BCUT2D eigenvalue weighted by atomic mass is 9.84.